The minimum atomic E-state index is -1.63. The highest BCUT2D eigenvalue weighted by Crippen LogP contribution is 2.16. The Morgan fingerprint density at radius 1 is 0.337 bits per heavy atom. The maximum absolute atomic E-state index is 12.9. The first kappa shape index (κ1) is 83.9. The normalized spacial score (nSPS) is 13.7. The van der Waals surface area contributed by atoms with Gasteiger partial charge in [0.2, 0.25) is 0 Å². The van der Waals surface area contributed by atoms with E-state index in [-0.39, 0.29) is 38.6 Å². The number of nitrogens with zero attached hydrogens (tertiary/aromatic N) is 1. The van der Waals surface area contributed by atoms with Gasteiger partial charge in [-0.2, -0.15) is 0 Å². The lowest BCUT2D eigenvalue weighted by Crippen LogP contribution is -2.44. The van der Waals surface area contributed by atoms with Crippen molar-refractivity contribution in [2.75, 3.05) is 47.5 Å². The van der Waals surface area contributed by atoms with E-state index in [9.17, 15) is 19.5 Å². The van der Waals surface area contributed by atoms with Gasteiger partial charge < -0.3 is 33.3 Å². The summed E-state index contributed by atoms with van der Waals surface area (Å²) in [5.74, 6) is -2.30. The predicted molar refractivity (Wildman–Crippen MR) is 379 cm³/mol. The van der Waals surface area contributed by atoms with E-state index in [0.717, 1.165) is 135 Å². The third-order valence-corrected chi connectivity index (χ3v) is 14.8. The van der Waals surface area contributed by atoms with Gasteiger partial charge in [0.25, 0.3) is 0 Å². The Bertz CT molecular complexity index is 2020. The van der Waals surface area contributed by atoms with Crippen LogP contribution in [0, 0.1) is 0 Å². The van der Waals surface area contributed by atoms with Gasteiger partial charge in [0.15, 0.2) is 12.4 Å². The molecule has 0 fully saturated rings. The summed E-state index contributed by atoms with van der Waals surface area (Å²) in [5.41, 5.74) is 0. The molecule has 89 heavy (non-hydrogen) atoms. The molecule has 0 rings (SSSR count). The number of rotatable bonds is 64. The van der Waals surface area contributed by atoms with E-state index in [1.807, 2.05) is 21.1 Å². The van der Waals surface area contributed by atoms with E-state index in [4.69, 9.17) is 18.9 Å². The zero-order valence-corrected chi connectivity index (χ0v) is 57.5. The lowest BCUT2D eigenvalue weighted by Gasteiger charge is -2.26. The van der Waals surface area contributed by atoms with Crippen LogP contribution in [0.15, 0.2) is 158 Å². The molecular weight excluding hydrogens is 1100 g/mol. The second-order valence-corrected chi connectivity index (χ2v) is 24.4. The Balaban J connectivity index is 4.16. The highest BCUT2D eigenvalue weighted by molar-refractivity contribution is 5.70. The quantitative estimate of drug-likeness (QED) is 0.0195. The predicted octanol–water partition coefficient (Wildman–Crippen LogP) is 21.1. The molecule has 9 heteroatoms. The minimum Gasteiger partial charge on any atom is -0.545 e. The molecule has 0 aromatic carbocycles. The number of quaternary nitrogens is 1. The number of allylic oxidation sites excluding steroid dienone is 26. The number of carbonyl (C=O) groups is 3. The van der Waals surface area contributed by atoms with Crippen LogP contribution in [0.3, 0.4) is 0 Å². The lowest BCUT2D eigenvalue weighted by atomic mass is 10.0. The number of carbonyl (C=O) groups excluding carboxylic acids is 3. The zero-order valence-electron chi connectivity index (χ0n) is 57.5. The molecule has 0 saturated carbocycles. The van der Waals surface area contributed by atoms with E-state index >= 15 is 0 Å². The van der Waals surface area contributed by atoms with Crippen LogP contribution in [0.2, 0.25) is 0 Å². The molecule has 0 amide bonds. The lowest BCUT2D eigenvalue weighted by molar-refractivity contribution is -0.870. The SMILES string of the molecule is CC/C=C\C/C=C\C/C=C\C/C=C\C/C=C\C/C=C\C/C=C\CCCCCCCCCCCCCCCC(=O)OC(COC(=O)CCCCCCCCCCCC/C=C\C/C=C\C/C=C\C/C=C\C/C=C\C/C=C\CC)COC(OCC[N+](C)(C)C)C(=O)[O-]. The first-order valence-electron chi connectivity index (χ1n) is 35.6. The third kappa shape index (κ3) is 70.2. The summed E-state index contributed by atoms with van der Waals surface area (Å²) in [5, 5.41) is 11.8. The Kier molecular flexibility index (Phi) is 64.9. The van der Waals surface area contributed by atoms with Crippen LogP contribution >= 0.6 is 0 Å². The molecule has 0 aromatic heterocycles. The smallest absolute Gasteiger partial charge is 0.306 e. The highest BCUT2D eigenvalue weighted by Gasteiger charge is 2.22. The van der Waals surface area contributed by atoms with Gasteiger partial charge in [-0.15, -0.1) is 0 Å². The molecule has 504 valence electrons. The Labute approximate surface area is 546 Å². The van der Waals surface area contributed by atoms with Gasteiger partial charge in [-0.25, -0.2) is 0 Å². The van der Waals surface area contributed by atoms with Crippen molar-refractivity contribution >= 4 is 17.9 Å². The van der Waals surface area contributed by atoms with E-state index in [1.165, 1.54) is 103 Å². The van der Waals surface area contributed by atoms with Gasteiger partial charge in [0.1, 0.15) is 13.2 Å². The number of likely N-dealkylation sites (N-methyl/N-ethyl adjacent to an activating group) is 1. The van der Waals surface area contributed by atoms with Crippen molar-refractivity contribution in [3.63, 3.8) is 0 Å². The average Bonchev–Trinajstić information content (AvgIpc) is 3.64. The van der Waals surface area contributed by atoms with Crippen LogP contribution in [0.5, 0.6) is 0 Å². The maximum Gasteiger partial charge on any atom is 0.306 e. The van der Waals surface area contributed by atoms with E-state index in [2.05, 4.69) is 172 Å². The fraction of sp³-hybridized carbons (Fsp3) is 0.637. The molecule has 0 bridgehead atoms. The summed E-state index contributed by atoms with van der Waals surface area (Å²) in [6, 6.07) is 0. The van der Waals surface area contributed by atoms with E-state index in [1.54, 1.807) is 0 Å². The summed E-state index contributed by atoms with van der Waals surface area (Å²) in [4.78, 5) is 37.5. The first-order chi connectivity index (χ1) is 43.6. The van der Waals surface area contributed by atoms with Crippen molar-refractivity contribution in [2.24, 2.45) is 0 Å². The molecule has 0 aliphatic heterocycles. The number of carboxylic acids is 1. The van der Waals surface area contributed by atoms with Crippen LogP contribution in [-0.4, -0.2) is 82.3 Å². The Morgan fingerprint density at radius 2 is 0.607 bits per heavy atom. The summed E-state index contributed by atoms with van der Waals surface area (Å²) >= 11 is 0. The van der Waals surface area contributed by atoms with E-state index < -0.39 is 24.3 Å². The highest BCUT2D eigenvalue weighted by atomic mass is 16.7. The summed E-state index contributed by atoms with van der Waals surface area (Å²) in [6.07, 6.45) is 98.9. The Hall–Kier alpha value is -5.09. The fourth-order valence-electron chi connectivity index (χ4n) is 9.40. The molecule has 0 saturated heterocycles. The van der Waals surface area contributed by atoms with Gasteiger partial charge >= 0.3 is 11.9 Å². The van der Waals surface area contributed by atoms with Crippen molar-refractivity contribution in [1.82, 2.24) is 0 Å². The van der Waals surface area contributed by atoms with E-state index in [0.29, 0.717) is 17.4 Å². The molecule has 0 N–H and O–H groups in total. The van der Waals surface area contributed by atoms with Gasteiger partial charge in [0, 0.05) is 12.8 Å². The van der Waals surface area contributed by atoms with Gasteiger partial charge in [-0.1, -0.05) is 294 Å². The number of aliphatic carboxylic acids is 1. The minimum absolute atomic E-state index is 0.140. The van der Waals surface area contributed by atoms with Crippen molar-refractivity contribution in [1.29, 1.82) is 0 Å². The largest absolute Gasteiger partial charge is 0.545 e. The van der Waals surface area contributed by atoms with Crippen LogP contribution in [0.4, 0.5) is 0 Å². The molecule has 0 heterocycles. The number of ether oxygens (including phenoxy) is 4. The third-order valence-electron chi connectivity index (χ3n) is 14.8. The van der Waals surface area contributed by atoms with Crippen LogP contribution < -0.4 is 5.11 Å². The summed E-state index contributed by atoms with van der Waals surface area (Å²) in [6.45, 7) is 4.51. The second-order valence-electron chi connectivity index (χ2n) is 24.4. The maximum atomic E-state index is 12.9. The molecule has 0 spiro atoms. The number of unbranched alkanes of at least 4 members (excludes halogenated alkanes) is 23. The molecule has 2 atom stereocenters. The fourth-order valence-corrected chi connectivity index (χ4v) is 9.40. The molecular formula is C80H131NO8. The van der Waals surface area contributed by atoms with Gasteiger partial charge in [0.05, 0.1) is 40.3 Å². The Morgan fingerprint density at radius 3 is 0.899 bits per heavy atom. The van der Waals surface area contributed by atoms with Crippen molar-refractivity contribution in [2.45, 2.75) is 283 Å². The van der Waals surface area contributed by atoms with Crippen LogP contribution in [-0.2, 0) is 33.3 Å². The first-order valence-corrected chi connectivity index (χ1v) is 35.6. The number of carboxylic acid groups (broad SMARTS) is 1. The molecule has 0 aliphatic carbocycles. The second kappa shape index (κ2) is 68.8. The molecule has 0 radical (unpaired) electrons. The number of esters is 2. The van der Waals surface area contributed by atoms with Gasteiger partial charge in [-0.3, -0.25) is 9.59 Å². The van der Waals surface area contributed by atoms with Crippen molar-refractivity contribution < 1.29 is 42.9 Å². The monoisotopic (exact) mass is 1230 g/mol. The standard InChI is InChI=1S/C80H131NO8/c1-6-8-10-12-14-16-18-20-22-24-26-28-30-32-34-36-37-38-39-40-41-43-45-47-49-51-53-55-57-59-61-63-65-67-69-71-78(83)89-76(75-88-80(79(84)85)86-73-72-81(3,4)5)74-87-77(82)70-68-66-64-62-60-58-56-54-52-50-48-46-44-42-35-33-31-29-27-25-23-21-19-17-15-13-11-9-7-2/h8-11,14-17,20-23,26-29,32-35,37-38,40-41,44,46,76,80H,6-7,12-13,18-19,24-25,30-31,36,39,42-43,45,47-75H2,1-5H3/b10-8-,11-9-,16-14-,17-15-,22-20-,23-21-,28-26-,29-27-,34-32-,35-33-,38-37-,41-40-,46-44-. The molecule has 9 nitrogen and oxygen atoms in total. The van der Waals surface area contributed by atoms with Crippen molar-refractivity contribution in [3.05, 3.63) is 158 Å². The number of hydrogen-bond donors (Lipinski definition) is 0. The average molecular weight is 1230 g/mol. The van der Waals surface area contributed by atoms with Crippen molar-refractivity contribution in [3.8, 4) is 0 Å². The number of hydrogen-bond acceptors (Lipinski definition) is 8. The molecule has 0 aromatic rings. The van der Waals surface area contributed by atoms with Crippen LogP contribution in [0.1, 0.15) is 271 Å². The summed E-state index contributed by atoms with van der Waals surface area (Å²) in [7, 11) is 5.92. The summed E-state index contributed by atoms with van der Waals surface area (Å²) < 4.78 is 22.8. The van der Waals surface area contributed by atoms with Gasteiger partial charge in [-0.05, 0) is 122 Å². The zero-order chi connectivity index (χ0) is 64.7. The molecule has 2 unspecified atom stereocenters. The molecule has 0 aliphatic rings. The van der Waals surface area contributed by atoms with Crippen LogP contribution in [0.25, 0.3) is 0 Å². The topological polar surface area (TPSA) is 111 Å².